The van der Waals surface area contributed by atoms with E-state index in [1.54, 1.807) is 11.8 Å². The number of thioether (sulfide) groups is 1. The summed E-state index contributed by atoms with van der Waals surface area (Å²) < 4.78 is 40.3. The van der Waals surface area contributed by atoms with Gasteiger partial charge in [-0.25, -0.2) is 17.5 Å². The quantitative estimate of drug-likeness (QED) is 0.888. The van der Waals surface area contributed by atoms with E-state index in [0.29, 0.717) is 11.8 Å². The van der Waals surface area contributed by atoms with Gasteiger partial charge in [-0.2, -0.15) is 11.8 Å². The first kappa shape index (κ1) is 15.3. The van der Waals surface area contributed by atoms with Crippen molar-refractivity contribution in [1.29, 1.82) is 0 Å². The van der Waals surface area contributed by atoms with Crippen LogP contribution in [-0.4, -0.2) is 26.0 Å². The van der Waals surface area contributed by atoms with Crippen LogP contribution in [0.2, 0.25) is 0 Å². The molecule has 1 fully saturated rings. The molecule has 0 bridgehead atoms. The van der Waals surface area contributed by atoms with Crippen molar-refractivity contribution in [1.82, 2.24) is 4.72 Å². The smallest absolute Gasteiger partial charge is 0.210 e. The lowest BCUT2D eigenvalue weighted by atomic mass is 10.2. The van der Waals surface area contributed by atoms with Crippen LogP contribution in [0.5, 0.6) is 0 Å². The van der Waals surface area contributed by atoms with Gasteiger partial charge in [0.2, 0.25) is 10.0 Å². The Hall–Kier alpha value is -0.110. The summed E-state index contributed by atoms with van der Waals surface area (Å²) in [6.45, 7) is 0.407. The zero-order valence-corrected chi connectivity index (χ0v) is 13.5. The van der Waals surface area contributed by atoms with E-state index in [0.717, 1.165) is 24.7 Å². The van der Waals surface area contributed by atoms with Crippen LogP contribution in [0.25, 0.3) is 0 Å². The Bertz CT molecular complexity index is 545. The van der Waals surface area contributed by atoms with E-state index in [1.807, 2.05) is 0 Å². The normalized spacial score (nSPS) is 20.4. The van der Waals surface area contributed by atoms with Crippen molar-refractivity contribution in [2.45, 2.75) is 29.4 Å². The Balaban J connectivity index is 2.02. The molecule has 0 radical (unpaired) electrons. The van der Waals surface area contributed by atoms with Crippen LogP contribution < -0.4 is 4.72 Å². The van der Waals surface area contributed by atoms with Gasteiger partial charge >= 0.3 is 0 Å². The largest absolute Gasteiger partial charge is 0.240 e. The Morgan fingerprint density at radius 3 is 2.84 bits per heavy atom. The van der Waals surface area contributed by atoms with Crippen LogP contribution in [0.3, 0.4) is 0 Å². The molecule has 1 aromatic carbocycles. The van der Waals surface area contributed by atoms with Crippen molar-refractivity contribution in [3.63, 3.8) is 0 Å². The van der Waals surface area contributed by atoms with Crippen molar-refractivity contribution in [2.75, 3.05) is 12.3 Å². The van der Waals surface area contributed by atoms with E-state index >= 15 is 0 Å². The molecule has 1 saturated heterocycles. The Morgan fingerprint density at radius 2 is 2.21 bits per heavy atom. The maximum Gasteiger partial charge on any atom is 0.240 e. The molecular weight excluding hydrogens is 353 g/mol. The summed E-state index contributed by atoms with van der Waals surface area (Å²) in [7, 11) is -3.62. The zero-order chi connectivity index (χ0) is 13.9. The number of nitrogens with one attached hydrogen (secondary N) is 1. The molecular formula is C12H15BrFNO2S2. The molecule has 3 nitrogen and oxygen atoms in total. The number of rotatable bonds is 4. The summed E-state index contributed by atoms with van der Waals surface area (Å²) in [5, 5.41) is 0.323. The fraction of sp³-hybridized carbons (Fsp3) is 0.500. The molecule has 2 rings (SSSR count). The second-order valence-electron chi connectivity index (χ2n) is 4.42. The second kappa shape index (κ2) is 6.56. The third kappa shape index (κ3) is 4.18. The van der Waals surface area contributed by atoms with Gasteiger partial charge in [-0.3, -0.25) is 0 Å². The topological polar surface area (TPSA) is 46.2 Å². The zero-order valence-electron chi connectivity index (χ0n) is 10.2. The molecule has 0 amide bonds. The van der Waals surface area contributed by atoms with E-state index in [-0.39, 0.29) is 9.37 Å². The van der Waals surface area contributed by atoms with Gasteiger partial charge in [0.1, 0.15) is 5.82 Å². The minimum atomic E-state index is -3.62. The molecule has 19 heavy (non-hydrogen) atoms. The molecule has 1 aliphatic heterocycles. The average molecular weight is 368 g/mol. The lowest BCUT2D eigenvalue weighted by molar-refractivity contribution is 0.570. The Morgan fingerprint density at radius 1 is 1.42 bits per heavy atom. The lowest BCUT2D eigenvalue weighted by Gasteiger charge is -2.21. The predicted octanol–water partition coefficient (Wildman–Crippen LogP) is 3.15. The summed E-state index contributed by atoms with van der Waals surface area (Å²) in [5.74, 6) is 0.508. The average Bonchev–Trinajstić information content (AvgIpc) is 2.41. The number of sulfonamides is 1. The first-order chi connectivity index (χ1) is 8.99. The van der Waals surface area contributed by atoms with Crippen molar-refractivity contribution < 1.29 is 12.8 Å². The van der Waals surface area contributed by atoms with Gasteiger partial charge in [-0.05, 0) is 52.7 Å². The molecule has 7 heteroatoms. The minimum Gasteiger partial charge on any atom is -0.210 e. The monoisotopic (exact) mass is 367 g/mol. The van der Waals surface area contributed by atoms with Crippen LogP contribution in [0.15, 0.2) is 27.6 Å². The Labute approximate surface area is 125 Å². The summed E-state index contributed by atoms with van der Waals surface area (Å²) >= 11 is 4.80. The molecule has 0 saturated carbocycles. The van der Waals surface area contributed by atoms with Gasteiger partial charge in [0.25, 0.3) is 0 Å². The molecule has 1 aliphatic rings. The summed E-state index contributed by atoms with van der Waals surface area (Å²) in [5.41, 5.74) is 0. The molecule has 1 unspecified atom stereocenters. The third-order valence-electron chi connectivity index (χ3n) is 2.98. The van der Waals surface area contributed by atoms with Gasteiger partial charge in [0.05, 0.1) is 9.37 Å². The van der Waals surface area contributed by atoms with Gasteiger partial charge < -0.3 is 0 Å². The maximum atomic E-state index is 13.4. The van der Waals surface area contributed by atoms with Crippen LogP contribution in [-0.2, 0) is 10.0 Å². The van der Waals surface area contributed by atoms with Gasteiger partial charge in [0.15, 0.2) is 0 Å². The third-order valence-corrected chi connectivity index (χ3v) is 6.44. The maximum absolute atomic E-state index is 13.4. The number of benzene rings is 1. The highest BCUT2D eigenvalue weighted by Crippen LogP contribution is 2.25. The van der Waals surface area contributed by atoms with Crippen molar-refractivity contribution >= 4 is 37.7 Å². The van der Waals surface area contributed by atoms with Crippen LogP contribution in [0.4, 0.5) is 4.39 Å². The number of hydrogen-bond acceptors (Lipinski definition) is 3. The van der Waals surface area contributed by atoms with Crippen molar-refractivity contribution in [2.24, 2.45) is 0 Å². The van der Waals surface area contributed by atoms with Crippen LogP contribution >= 0.6 is 27.7 Å². The van der Waals surface area contributed by atoms with Crippen molar-refractivity contribution in [3.8, 4) is 0 Å². The first-order valence-corrected chi connectivity index (χ1v) is 9.38. The molecule has 1 N–H and O–H groups in total. The van der Waals surface area contributed by atoms with E-state index in [9.17, 15) is 12.8 Å². The molecule has 0 aliphatic carbocycles. The Kier molecular flexibility index (Phi) is 5.28. The van der Waals surface area contributed by atoms with Crippen LogP contribution in [0.1, 0.15) is 19.3 Å². The minimum absolute atomic E-state index is 0.0333. The highest BCUT2D eigenvalue weighted by molar-refractivity contribution is 9.10. The SMILES string of the molecule is O=S(=O)(NCC1CCCCS1)c1ccc(Br)c(F)c1. The highest BCUT2D eigenvalue weighted by Gasteiger charge is 2.19. The number of hydrogen-bond donors (Lipinski definition) is 1. The predicted molar refractivity (Wildman–Crippen MR) is 79.4 cm³/mol. The first-order valence-electron chi connectivity index (χ1n) is 6.05. The summed E-state index contributed by atoms with van der Waals surface area (Å²) in [6, 6.07) is 3.82. The molecule has 0 spiro atoms. The second-order valence-corrected chi connectivity index (χ2v) is 8.45. The van der Waals surface area contributed by atoms with E-state index in [1.165, 1.54) is 18.6 Å². The van der Waals surface area contributed by atoms with Gasteiger partial charge in [-0.1, -0.05) is 6.42 Å². The van der Waals surface area contributed by atoms with Gasteiger partial charge in [0, 0.05) is 11.8 Å². The fourth-order valence-electron chi connectivity index (χ4n) is 1.90. The molecule has 0 aromatic heterocycles. The van der Waals surface area contributed by atoms with E-state index in [4.69, 9.17) is 0 Å². The molecule has 1 aromatic rings. The highest BCUT2D eigenvalue weighted by atomic mass is 79.9. The van der Waals surface area contributed by atoms with Crippen molar-refractivity contribution in [3.05, 3.63) is 28.5 Å². The standard InChI is InChI=1S/C12H15BrFNO2S2/c13-11-5-4-10(7-12(11)14)19(16,17)15-8-9-3-1-2-6-18-9/h4-5,7,9,15H,1-3,6,8H2. The lowest BCUT2D eigenvalue weighted by Crippen LogP contribution is -2.32. The van der Waals surface area contributed by atoms with E-state index < -0.39 is 15.8 Å². The molecule has 1 heterocycles. The number of halogens is 2. The van der Waals surface area contributed by atoms with Crippen LogP contribution in [0, 0.1) is 5.82 Å². The summed E-state index contributed by atoms with van der Waals surface area (Å²) in [6.07, 6.45) is 3.38. The molecule has 1 atom stereocenters. The van der Waals surface area contributed by atoms with Gasteiger partial charge in [-0.15, -0.1) is 0 Å². The van der Waals surface area contributed by atoms with E-state index in [2.05, 4.69) is 20.7 Å². The summed E-state index contributed by atoms with van der Waals surface area (Å²) in [4.78, 5) is -0.0333. The fourth-order valence-corrected chi connectivity index (χ4v) is 4.58. The molecule has 106 valence electrons.